The summed E-state index contributed by atoms with van der Waals surface area (Å²) in [5.41, 5.74) is 6.93. The van der Waals surface area contributed by atoms with Gasteiger partial charge in [0.15, 0.2) is 5.16 Å². The van der Waals surface area contributed by atoms with E-state index in [-0.39, 0.29) is 11.7 Å². The number of carbonyl (C=O) groups excluding carboxylic acids is 1. The third-order valence-corrected chi connectivity index (χ3v) is 6.34. The van der Waals surface area contributed by atoms with Crippen molar-refractivity contribution in [1.82, 2.24) is 15.0 Å². The molecule has 4 aromatic rings. The Morgan fingerprint density at radius 3 is 2.76 bits per heavy atom. The first kappa shape index (κ1) is 19.4. The SMILES string of the molecule is Cc1ccsc1C=NNC(=O)CSc1nc2ccccc2n1Cc1ccccc1. The minimum absolute atomic E-state index is 0.154. The highest BCUT2D eigenvalue weighted by molar-refractivity contribution is 7.99. The molecule has 0 unspecified atom stereocenters. The van der Waals surface area contributed by atoms with E-state index in [0.29, 0.717) is 6.54 Å². The first-order valence-electron chi connectivity index (χ1n) is 9.19. The van der Waals surface area contributed by atoms with E-state index in [1.165, 1.54) is 17.3 Å². The lowest BCUT2D eigenvalue weighted by Gasteiger charge is -2.09. The van der Waals surface area contributed by atoms with Crippen LogP contribution in [0.1, 0.15) is 16.0 Å². The van der Waals surface area contributed by atoms with Gasteiger partial charge >= 0.3 is 0 Å². The van der Waals surface area contributed by atoms with Crippen molar-refractivity contribution in [3.05, 3.63) is 82.0 Å². The summed E-state index contributed by atoms with van der Waals surface area (Å²) in [6.07, 6.45) is 1.69. The molecule has 4 rings (SSSR count). The van der Waals surface area contributed by atoms with Crippen LogP contribution in [0.4, 0.5) is 0 Å². The highest BCUT2D eigenvalue weighted by atomic mass is 32.2. The number of thioether (sulfide) groups is 1. The van der Waals surface area contributed by atoms with Crippen molar-refractivity contribution in [3.8, 4) is 0 Å². The summed E-state index contributed by atoms with van der Waals surface area (Å²) in [7, 11) is 0. The Morgan fingerprint density at radius 2 is 1.97 bits per heavy atom. The lowest BCUT2D eigenvalue weighted by molar-refractivity contribution is -0.118. The normalized spacial score (nSPS) is 11.3. The molecule has 0 spiro atoms. The van der Waals surface area contributed by atoms with Crippen LogP contribution in [0, 0.1) is 6.92 Å². The summed E-state index contributed by atoms with van der Waals surface area (Å²) in [5, 5.41) is 6.89. The summed E-state index contributed by atoms with van der Waals surface area (Å²) in [6, 6.07) is 20.3. The second kappa shape index (κ2) is 9.07. The van der Waals surface area contributed by atoms with E-state index in [2.05, 4.69) is 33.3 Å². The van der Waals surface area contributed by atoms with Crippen LogP contribution in [0.5, 0.6) is 0 Å². The zero-order valence-corrected chi connectivity index (χ0v) is 17.5. The zero-order chi connectivity index (χ0) is 20.1. The molecular weight excluding hydrogens is 400 g/mol. The number of nitrogens with zero attached hydrogens (tertiary/aromatic N) is 3. The number of benzene rings is 2. The molecule has 2 heterocycles. The van der Waals surface area contributed by atoms with E-state index < -0.39 is 0 Å². The van der Waals surface area contributed by atoms with Crippen LogP contribution >= 0.6 is 23.1 Å². The fraction of sp³-hybridized carbons (Fsp3) is 0.136. The maximum atomic E-state index is 12.2. The topological polar surface area (TPSA) is 59.3 Å². The average Bonchev–Trinajstić information content (AvgIpc) is 3.31. The van der Waals surface area contributed by atoms with Crippen LogP contribution in [-0.2, 0) is 11.3 Å². The highest BCUT2D eigenvalue weighted by Crippen LogP contribution is 2.25. The van der Waals surface area contributed by atoms with E-state index in [1.54, 1.807) is 17.6 Å². The monoisotopic (exact) mass is 420 g/mol. The fourth-order valence-electron chi connectivity index (χ4n) is 2.92. The third-order valence-electron chi connectivity index (χ3n) is 4.41. The largest absolute Gasteiger partial charge is 0.314 e. The zero-order valence-electron chi connectivity index (χ0n) is 15.9. The summed E-state index contributed by atoms with van der Waals surface area (Å²) >= 11 is 3.02. The number of fused-ring (bicyclic) bond motifs is 1. The van der Waals surface area contributed by atoms with Gasteiger partial charge in [0.05, 0.1) is 29.5 Å². The highest BCUT2D eigenvalue weighted by Gasteiger charge is 2.13. The second-order valence-electron chi connectivity index (χ2n) is 6.50. The van der Waals surface area contributed by atoms with Gasteiger partial charge in [-0.15, -0.1) is 11.3 Å². The number of imidazole rings is 1. The Kier molecular flexibility index (Phi) is 6.07. The molecule has 0 aliphatic heterocycles. The molecule has 0 atom stereocenters. The van der Waals surface area contributed by atoms with Gasteiger partial charge in [-0.3, -0.25) is 4.79 Å². The van der Waals surface area contributed by atoms with Gasteiger partial charge in [-0.25, -0.2) is 10.4 Å². The number of hydrogen-bond acceptors (Lipinski definition) is 5. The quantitative estimate of drug-likeness (QED) is 0.268. The molecule has 0 fully saturated rings. The van der Waals surface area contributed by atoms with Gasteiger partial charge < -0.3 is 4.57 Å². The van der Waals surface area contributed by atoms with Gasteiger partial charge in [-0.05, 0) is 41.6 Å². The Labute approximate surface area is 177 Å². The van der Waals surface area contributed by atoms with Crippen molar-refractivity contribution in [2.75, 3.05) is 5.75 Å². The van der Waals surface area contributed by atoms with E-state index in [1.807, 2.05) is 54.8 Å². The van der Waals surface area contributed by atoms with Gasteiger partial charge in [0, 0.05) is 4.88 Å². The smallest absolute Gasteiger partial charge is 0.250 e. The molecule has 0 radical (unpaired) electrons. The third kappa shape index (κ3) is 4.75. The summed E-state index contributed by atoms with van der Waals surface area (Å²) < 4.78 is 2.15. The number of amides is 1. The number of thiophene rings is 1. The molecule has 0 aliphatic carbocycles. The van der Waals surface area contributed by atoms with Crippen LogP contribution in [0.2, 0.25) is 0 Å². The lowest BCUT2D eigenvalue weighted by Crippen LogP contribution is -2.20. The first-order chi connectivity index (χ1) is 14.2. The minimum atomic E-state index is -0.154. The number of carbonyl (C=O) groups is 1. The van der Waals surface area contributed by atoms with Crippen LogP contribution in [-0.4, -0.2) is 27.4 Å². The summed E-state index contributed by atoms with van der Waals surface area (Å²) in [4.78, 5) is 18.0. The van der Waals surface area contributed by atoms with Crippen molar-refractivity contribution in [2.24, 2.45) is 5.10 Å². The molecular formula is C22H20N4OS2. The lowest BCUT2D eigenvalue weighted by atomic mass is 10.2. The molecule has 7 heteroatoms. The van der Waals surface area contributed by atoms with Crippen molar-refractivity contribution >= 4 is 46.3 Å². The number of para-hydroxylation sites is 2. The Morgan fingerprint density at radius 1 is 1.17 bits per heavy atom. The van der Waals surface area contributed by atoms with Crippen LogP contribution < -0.4 is 5.43 Å². The number of nitrogens with one attached hydrogen (secondary N) is 1. The fourth-order valence-corrected chi connectivity index (χ4v) is 4.52. The summed E-state index contributed by atoms with van der Waals surface area (Å²) in [6.45, 7) is 2.73. The van der Waals surface area contributed by atoms with Crippen LogP contribution in [0.15, 0.2) is 76.3 Å². The van der Waals surface area contributed by atoms with E-state index in [0.717, 1.165) is 26.6 Å². The standard InChI is InChI=1S/C22H20N4OS2/c1-16-11-12-28-20(16)13-23-25-21(27)15-29-22-24-18-9-5-6-10-19(18)26(22)14-17-7-3-2-4-8-17/h2-13H,14-15H2,1H3,(H,25,27). The molecule has 29 heavy (non-hydrogen) atoms. The van der Waals surface area contributed by atoms with E-state index in [9.17, 15) is 4.79 Å². The molecule has 2 aromatic carbocycles. The molecule has 146 valence electrons. The number of rotatable bonds is 7. The van der Waals surface area contributed by atoms with Gasteiger partial charge in [0.25, 0.3) is 5.91 Å². The van der Waals surface area contributed by atoms with Crippen molar-refractivity contribution in [3.63, 3.8) is 0 Å². The number of aryl methyl sites for hydroxylation is 1. The predicted molar refractivity (Wildman–Crippen MR) is 121 cm³/mol. The van der Waals surface area contributed by atoms with Crippen LogP contribution in [0.3, 0.4) is 0 Å². The molecule has 5 nitrogen and oxygen atoms in total. The van der Waals surface area contributed by atoms with Gasteiger partial charge in [-0.2, -0.15) is 5.10 Å². The number of hydrazone groups is 1. The van der Waals surface area contributed by atoms with E-state index in [4.69, 9.17) is 4.98 Å². The van der Waals surface area contributed by atoms with Crippen molar-refractivity contribution < 1.29 is 4.79 Å². The Hall–Kier alpha value is -2.90. The Balaban J connectivity index is 1.46. The number of aromatic nitrogens is 2. The molecule has 1 amide bonds. The van der Waals surface area contributed by atoms with Gasteiger partial charge in [-0.1, -0.05) is 54.2 Å². The first-order valence-corrected chi connectivity index (χ1v) is 11.1. The molecule has 2 aromatic heterocycles. The maximum absolute atomic E-state index is 12.2. The Bertz CT molecular complexity index is 1150. The molecule has 0 saturated carbocycles. The number of hydrogen-bond donors (Lipinski definition) is 1. The van der Waals surface area contributed by atoms with Crippen molar-refractivity contribution in [1.29, 1.82) is 0 Å². The molecule has 0 saturated heterocycles. The maximum Gasteiger partial charge on any atom is 0.250 e. The molecule has 0 bridgehead atoms. The minimum Gasteiger partial charge on any atom is -0.314 e. The van der Waals surface area contributed by atoms with Gasteiger partial charge in [0.1, 0.15) is 0 Å². The predicted octanol–water partition coefficient (Wildman–Crippen LogP) is 4.70. The van der Waals surface area contributed by atoms with E-state index >= 15 is 0 Å². The van der Waals surface area contributed by atoms with Crippen LogP contribution in [0.25, 0.3) is 11.0 Å². The van der Waals surface area contributed by atoms with Gasteiger partial charge in [0.2, 0.25) is 0 Å². The summed E-state index contributed by atoms with van der Waals surface area (Å²) in [5.74, 6) is 0.0950. The average molecular weight is 421 g/mol. The molecule has 0 aliphatic rings. The van der Waals surface area contributed by atoms with Crippen molar-refractivity contribution in [2.45, 2.75) is 18.6 Å². The second-order valence-corrected chi connectivity index (χ2v) is 8.39. The molecule has 1 N–H and O–H groups in total.